The van der Waals surface area contributed by atoms with E-state index < -0.39 is 0 Å². The Morgan fingerprint density at radius 2 is 2.29 bits per heavy atom. The van der Waals surface area contributed by atoms with Crippen molar-refractivity contribution < 1.29 is 0 Å². The fourth-order valence-electron chi connectivity index (χ4n) is 1.82. The monoisotopic (exact) mass is 189 g/mol. The van der Waals surface area contributed by atoms with E-state index in [0.29, 0.717) is 5.96 Å². The third-order valence-electron chi connectivity index (χ3n) is 2.48. The second-order valence-corrected chi connectivity index (χ2v) is 3.36. The van der Waals surface area contributed by atoms with Gasteiger partial charge >= 0.3 is 0 Å². The highest BCUT2D eigenvalue weighted by molar-refractivity contribution is 5.96. The van der Waals surface area contributed by atoms with Gasteiger partial charge in [-0.2, -0.15) is 0 Å². The van der Waals surface area contributed by atoms with Crippen LogP contribution < -0.4 is 10.6 Å². The molecule has 1 aliphatic rings. The Balaban J connectivity index is 2.30. The van der Waals surface area contributed by atoms with Crippen LogP contribution in [0, 0.1) is 0 Å². The number of hydrogen-bond acceptors (Lipinski definition) is 1. The molecule has 0 saturated heterocycles. The number of para-hydroxylation sites is 1. The lowest BCUT2D eigenvalue weighted by atomic mass is 10.2. The third kappa shape index (κ3) is 1.45. The van der Waals surface area contributed by atoms with Crippen molar-refractivity contribution in [2.75, 3.05) is 18.0 Å². The molecule has 0 aromatic heterocycles. The average molecular weight is 189 g/mol. The predicted octanol–water partition coefficient (Wildman–Crippen LogP) is 1.38. The molecule has 2 N–H and O–H groups in total. The quantitative estimate of drug-likeness (QED) is 0.535. The second-order valence-electron chi connectivity index (χ2n) is 3.36. The Morgan fingerprint density at radius 3 is 3.07 bits per heavy atom. The van der Waals surface area contributed by atoms with Crippen LogP contribution in [0.2, 0.25) is 0 Å². The molecule has 1 heterocycles. The second kappa shape index (κ2) is 3.70. The summed E-state index contributed by atoms with van der Waals surface area (Å²) in [6, 6.07) is 8.35. The minimum absolute atomic E-state index is 0.637. The van der Waals surface area contributed by atoms with E-state index in [0.717, 1.165) is 19.5 Å². The van der Waals surface area contributed by atoms with Crippen LogP contribution in [-0.2, 0) is 6.42 Å². The van der Waals surface area contributed by atoms with E-state index in [2.05, 4.69) is 28.1 Å². The summed E-state index contributed by atoms with van der Waals surface area (Å²) in [6.07, 6.45) is 1.07. The number of hydrogen-bond donors (Lipinski definition) is 1. The van der Waals surface area contributed by atoms with Gasteiger partial charge in [0.1, 0.15) is 0 Å². The number of guanidine groups is 1. The first-order valence-corrected chi connectivity index (χ1v) is 4.98. The number of anilines is 1. The van der Waals surface area contributed by atoms with Gasteiger partial charge in [-0.1, -0.05) is 18.2 Å². The van der Waals surface area contributed by atoms with Crippen molar-refractivity contribution in [2.24, 2.45) is 10.7 Å². The van der Waals surface area contributed by atoms with Crippen LogP contribution in [-0.4, -0.2) is 19.0 Å². The van der Waals surface area contributed by atoms with E-state index in [-0.39, 0.29) is 0 Å². The number of nitrogens with two attached hydrogens (primary N) is 1. The molecule has 0 atom stereocenters. The van der Waals surface area contributed by atoms with Gasteiger partial charge in [-0.25, -0.2) is 0 Å². The molecule has 0 bridgehead atoms. The van der Waals surface area contributed by atoms with Gasteiger partial charge in [0.25, 0.3) is 0 Å². The van der Waals surface area contributed by atoms with Crippen LogP contribution in [0.5, 0.6) is 0 Å². The summed E-state index contributed by atoms with van der Waals surface area (Å²) >= 11 is 0. The van der Waals surface area contributed by atoms with Gasteiger partial charge < -0.3 is 10.6 Å². The molecule has 3 heteroatoms. The first-order valence-electron chi connectivity index (χ1n) is 4.98. The van der Waals surface area contributed by atoms with Crippen LogP contribution in [0.15, 0.2) is 29.3 Å². The van der Waals surface area contributed by atoms with Crippen molar-refractivity contribution in [3.05, 3.63) is 29.8 Å². The fourth-order valence-corrected chi connectivity index (χ4v) is 1.82. The molecule has 0 spiro atoms. The normalized spacial score (nSPS) is 15.8. The average Bonchev–Trinajstić information content (AvgIpc) is 2.61. The zero-order valence-electron chi connectivity index (χ0n) is 8.40. The zero-order chi connectivity index (χ0) is 9.97. The van der Waals surface area contributed by atoms with E-state index in [9.17, 15) is 0 Å². The first kappa shape index (κ1) is 9.06. The number of benzene rings is 1. The summed E-state index contributed by atoms with van der Waals surface area (Å²) in [5.74, 6) is 0.637. The SMILES string of the molecule is CCN=C(N)N1CCc2ccccc21. The summed E-state index contributed by atoms with van der Waals surface area (Å²) in [7, 11) is 0. The third-order valence-corrected chi connectivity index (χ3v) is 2.48. The van der Waals surface area contributed by atoms with Gasteiger partial charge in [-0.15, -0.1) is 0 Å². The van der Waals surface area contributed by atoms with Gasteiger partial charge in [0.15, 0.2) is 5.96 Å². The molecule has 0 radical (unpaired) electrons. The van der Waals surface area contributed by atoms with Crippen molar-refractivity contribution in [3.63, 3.8) is 0 Å². The van der Waals surface area contributed by atoms with Crippen molar-refractivity contribution in [1.29, 1.82) is 0 Å². The fraction of sp³-hybridized carbons (Fsp3) is 0.364. The lowest BCUT2D eigenvalue weighted by Gasteiger charge is -2.17. The Kier molecular flexibility index (Phi) is 2.39. The molecule has 3 nitrogen and oxygen atoms in total. The van der Waals surface area contributed by atoms with Gasteiger partial charge in [-0.3, -0.25) is 4.99 Å². The van der Waals surface area contributed by atoms with Crippen LogP contribution in [0.4, 0.5) is 5.69 Å². The Hall–Kier alpha value is -1.51. The molecular weight excluding hydrogens is 174 g/mol. The molecule has 2 rings (SSSR count). The number of aliphatic imine (C=N–C) groups is 1. The lowest BCUT2D eigenvalue weighted by molar-refractivity contribution is 0.993. The molecule has 0 amide bonds. The van der Waals surface area contributed by atoms with Gasteiger partial charge in [-0.05, 0) is 25.0 Å². The van der Waals surface area contributed by atoms with Crippen molar-refractivity contribution in [1.82, 2.24) is 0 Å². The summed E-state index contributed by atoms with van der Waals surface area (Å²) in [5.41, 5.74) is 8.45. The molecule has 14 heavy (non-hydrogen) atoms. The van der Waals surface area contributed by atoms with E-state index in [1.165, 1.54) is 11.3 Å². The van der Waals surface area contributed by atoms with Crippen LogP contribution >= 0.6 is 0 Å². The Morgan fingerprint density at radius 1 is 1.50 bits per heavy atom. The van der Waals surface area contributed by atoms with Crippen LogP contribution in [0.25, 0.3) is 0 Å². The zero-order valence-corrected chi connectivity index (χ0v) is 8.40. The first-order chi connectivity index (χ1) is 6.83. The summed E-state index contributed by atoms with van der Waals surface area (Å²) in [6.45, 7) is 3.69. The molecule has 0 fully saturated rings. The summed E-state index contributed by atoms with van der Waals surface area (Å²) in [5, 5.41) is 0. The van der Waals surface area contributed by atoms with Crippen molar-refractivity contribution in [2.45, 2.75) is 13.3 Å². The van der Waals surface area contributed by atoms with Crippen LogP contribution in [0.1, 0.15) is 12.5 Å². The van der Waals surface area contributed by atoms with Gasteiger partial charge in [0.2, 0.25) is 0 Å². The smallest absolute Gasteiger partial charge is 0.195 e. The standard InChI is InChI=1S/C11H15N3/c1-2-13-11(12)14-8-7-9-5-3-4-6-10(9)14/h3-6H,2,7-8H2,1H3,(H2,12,13). The maximum Gasteiger partial charge on any atom is 0.195 e. The molecule has 1 aromatic carbocycles. The molecule has 0 aliphatic carbocycles. The Bertz CT molecular complexity index is 357. The molecule has 1 aromatic rings. The minimum atomic E-state index is 0.637. The highest BCUT2D eigenvalue weighted by atomic mass is 15.3. The summed E-state index contributed by atoms with van der Waals surface area (Å²) < 4.78 is 0. The van der Waals surface area contributed by atoms with Crippen LogP contribution in [0.3, 0.4) is 0 Å². The minimum Gasteiger partial charge on any atom is -0.370 e. The number of fused-ring (bicyclic) bond motifs is 1. The maximum atomic E-state index is 5.88. The maximum absolute atomic E-state index is 5.88. The topological polar surface area (TPSA) is 41.6 Å². The van der Waals surface area contributed by atoms with Gasteiger partial charge in [0.05, 0.1) is 0 Å². The van der Waals surface area contributed by atoms with Crippen molar-refractivity contribution in [3.8, 4) is 0 Å². The Labute approximate surface area is 84.2 Å². The lowest BCUT2D eigenvalue weighted by Crippen LogP contribution is -2.36. The molecule has 0 unspecified atom stereocenters. The number of rotatable bonds is 1. The number of nitrogens with zero attached hydrogens (tertiary/aromatic N) is 2. The predicted molar refractivity (Wildman–Crippen MR) is 59.7 cm³/mol. The van der Waals surface area contributed by atoms with Gasteiger partial charge in [0, 0.05) is 18.8 Å². The van der Waals surface area contributed by atoms with Crippen molar-refractivity contribution >= 4 is 11.6 Å². The molecule has 0 saturated carbocycles. The summed E-state index contributed by atoms with van der Waals surface area (Å²) in [4.78, 5) is 6.31. The molecular formula is C11H15N3. The van der Waals surface area contributed by atoms with E-state index in [1.54, 1.807) is 0 Å². The molecule has 74 valence electrons. The van der Waals surface area contributed by atoms with E-state index in [4.69, 9.17) is 5.73 Å². The highest BCUT2D eigenvalue weighted by Crippen LogP contribution is 2.26. The largest absolute Gasteiger partial charge is 0.370 e. The van der Waals surface area contributed by atoms with E-state index in [1.807, 2.05) is 13.0 Å². The molecule has 1 aliphatic heterocycles. The van der Waals surface area contributed by atoms with E-state index >= 15 is 0 Å². The highest BCUT2D eigenvalue weighted by Gasteiger charge is 2.20.